The number of hydrogen-bond acceptors (Lipinski definition) is 4. The first-order chi connectivity index (χ1) is 24.4. The Balaban J connectivity index is 1.11. The number of carbonyl (C=O) groups is 2. The molecule has 0 saturated carbocycles. The molecular formula is C40H32F6N2O3. The van der Waals surface area contributed by atoms with Gasteiger partial charge in [-0.2, -0.15) is 26.3 Å². The first-order valence-corrected chi connectivity index (χ1v) is 16.1. The predicted molar refractivity (Wildman–Crippen MR) is 182 cm³/mol. The number of Topliss-reactive ketones (excluding diaryl/α,β-unsaturated/α-hetero) is 1. The molecule has 5 nitrogen and oxygen atoms in total. The van der Waals surface area contributed by atoms with Gasteiger partial charge in [-0.1, -0.05) is 91.0 Å². The van der Waals surface area contributed by atoms with Gasteiger partial charge in [-0.3, -0.25) is 9.59 Å². The third-order valence-corrected chi connectivity index (χ3v) is 8.95. The first kappa shape index (κ1) is 35.6. The molecule has 0 bridgehead atoms. The van der Waals surface area contributed by atoms with E-state index >= 15 is 0 Å². The molecule has 0 aromatic heterocycles. The van der Waals surface area contributed by atoms with Crippen LogP contribution in [-0.4, -0.2) is 37.6 Å². The van der Waals surface area contributed by atoms with Crippen molar-refractivity contribution < 1.29 is 40.7 Å². The molecule has 5 aromatic rings. The minimum absolute atomic E-state index is 0.132. The molecule has 0 heterocycles. The zero-order valence-corrected chi connectivity index (χ0v) is 27.1. The molecule has 0 atom stereocenters. The number of amides is 1. The Kier molecular flexibility index (Phi) is 10.1. The second kappa shape index (κ2) is 14.5. The van der Waals surface area contributed by atoms with Gasteiger partial charge >= 0.3 is 12.4 Å². The van der Waals surface area contributed by atoms with E-state index in [1.54, 1.807) is 48.5 Å². The number of alkyl halides is 6. The highest BCUT2D eigenvalue weighted by atomic mass is 19.4. The molecule has 5 aromatic carbocycles. The van der Waals surface area contributed by atoms with Crippen LogP contribution in [0, 0.1) is 0 Å². The molecule has 1 aliphatic rings. The second-order valence-electron chi connectivity index (χ2n) is 12.2. The summed E-state index contributed by atoms with van der Waals surface area (Å²) in [5.74, 6) is -0.820. The minimum Gasteiger partial charge on any atom is -0.377 e. The van der Waals surface area contributed by atoms with Gasteiger partial charge in [0.2, 0.25) is 0 Å². The van der Waals surface area contributed by atoms with E-state index in [4.69, 9.17) is 4.74 Å². The Morgan fingerprint density at radius 1 is 0.667 bits per heavy atom. The highest BCUT2D eigenvalue weighted by molar-refractivity contribution is 6.08. The molecule has 262 valence electrons. The van der Waals surface area contributed by atoms with E-state index in [9.17, 15) is 35.9 Å². The normalized spacial score (nSPS) is 13.4. The average Bonchev–Trinajstić information content (AvgIpc) is 3.40. The number of anilines is 1. The van der Waals surface area contributed by atoms with Gasteiger partial charge in [0.1, 0.15) is 0 Å². The number of rotatable bonds is 12. The fourth-order valence-electron chi connectivity index (χ4n) is 6.57. The largest absolute Gasteiger partial charge is 0.416 e. The van der Waals surface area contributed by atoms with Gasteiger partial charge < -0.3 is 15.4 Å². The van der Waals surface area contributed by atoms with Gasteiger partial charge in [-0.05, 0) is 75.7 Å². The molecular weight excluding hydrogens is 670 g/mol. The monoisotopic (exact) mass is 702 g/mol. The van der Waals surface area contributed by atoms with E-state index in [2.05, 4.69) is 10.6 Å². The molecule has 11 heteroatoms. The number of nitrogens with one attached hydrogen (secondary N) is 2. The van der Waals surface area contributed by atoms with Crippen LogP contribution in [0.2, 0.25) is 0 Å². The Morgan fingerprint density at radius 3 is 1.82 bits per heavy atom. The van der Waals surface area contributed by atoms with Gasteiger partial charge in [0.25, 0.3) is 5.91 Å². The Morgan fingerprint density at radius 2 is 1.24 bits per heavy atom. The van der Waals surface area contributed by atoms with E-state index in [0.717, 1.165) is 39.9 Å². The van der Waals surface area contributed by atoms with Gasteiger partial charge in [-0.25, -0.2) is 0 Å². The molecule has 0 unspecified atom stereocenters. The number of fused-ring (bicyclic) bond motifs is 3. The quantitative estimate of drug-likeness (QED) is 0.101. The van der Waals surface area contributed by atoms with Crippen LogP contribution in [0.15, 0.2) is 121 Å². The Bertz CT molecular complexity index is 1980. The Labute approximate surface area is 290 Å². The average molecular weight is 703 g/mol. The summed E-state index contributed by atoms with van der Waals surface area (Å²) in [6.45, 7) is -1.45. The van der Waals surface area contributed by atoms with E-state index < -0.39 is 42.3 Å². The lowest BCUT2D eigenvalue weighted by Crippen LogP contribution is -2.44. The number of benzene rings is 5. The summed E-state index contributed by atoms with van der Waals surface area (Å²) in [5.41, 5.74) is 3.69. The van der Waals surface area contributed by atoms with Crippen molar-refractivity contribution in [2.24, 2.45) is 0 Å². The predicted octanol–water partition coefficient (Wildman–Crippen LogP) is 9.22. The smallest absolute Gasteiger partial charge is 0.377 e. The molecule has 0 spiro atoms. The lowest BCUT2D eigenvalue weighted by atomic mass is 9.72. The summed E-state index contributed by atoms with van der Waals surface area (Å²) in [7, 11) is 0. The van der Waals surface area contributed by atoms with Crippen molar-refractivity contribution in [1.82, 2.24) is 5.32 Å². The second-order valence-corrected chi connectivity index (χ2v) is 12.2. The van der Waals surface area contributed by atoms with E-state index in [1.807, 2.05) is 48.5 Å². The highest BCUT2D eigenvalue weighted by Crippen LogP contribution is 2.51. The van der Waals surface area contributed by atoms with Gasteiger partial charge in [0.15, 0.2) is 5.78 Å². The van der Waals surface area contributed by atoms with Crippen molar-refractivity contribution in [3.63, 3.8) is 0 Å². The SMILES string of the molecule is O=C(Nc1ccc(COCCC2(C(=O)CNCC(F)(F)F)c3ccccc3-c3ccccc32)cc1)c1ccccc1-c1ccc(C(F)(F)F)cc1. The molecule has 1 aliphatic carbocycles. The summed E-state index contributed by atoms with van der Waals surface area (Å²) in [4.78, 5) is 27.1. The zero-order valence-electron chi connectivity index (χ0n) is 27.1. The number of hydrogen-bond donors (Lipinski definition) is 2. The lowest BCUT2D eigenvalue weighted by molar-refractivity contribution is -0.137. The van der Waals surface area contributed by atoms with Crippen molar-refractivity contribution in [2.45, 2.75) is 30.8 Å². The number of carbonyl (C=O) groups excluding carboxylic acids is 2. The lowest BCUT2D eigenvalue weighted by Gasteiger charge is -2.31. The van der Waals surface area contributed by atoms with Crippen LogP contribution >= 0.6 is 0 Å². The van der Waals surface area contributed by atoms with Crippen LogP contribution < -0.4 is 10.6 Å². The van der Waals surface area contributed by atoms with Crippen LogP contribution in [0.1, 0.15) is 39.0 Å². The van der Waals surface area contributed by atoms with E-state index in [0.29, 0.717) is 16.8 Å². The molecule has 51 heavy (non-hydrogen) atoms. The van der Waals surface area contributed by atoms with Gasteiger partial charge in [-0.15, -0.1) is 0 Å². The van der Waals surface area contributed by atoms with E-state index in [-0.39, 0.29) is 31.0 Å². The number of ketones is 1. The van der Waals surface area contributed by atoms with Crippen LogP contribution in [0.3, 0.4) is 0 Å². The van der Waals surface area contributed by atoms with Crippen molar-refractivity contribution >= 4 is 17.4 Å². The molecule has 2 N–H and O–H groups in total. The fraction of sp³-hybridized carbons (Fsp3) is 0.200. The van der Waals surface area contributed by atoms with Crippen LogP contribution in [0.25, 0.3) is 22.3 Å². The van der Waals surface area contributed by atoms with Crippen LogP contribution in [0.4, 0.5) is 32.0 Å². The molecule has 1 amide bonds. The molecule has 0 aliphatic heterocycles. The van der Waals surface area contributed by atoms with Crippen LogP contribution in [0.5, 0.6) is 0 Å². The van der Waals surface area contributed by atoms with Crippen molar-refractivity contribution in [2.75, 3.05) is 25.0 Å². The van der Waals surface area contributed by atoms with Gasteiger partial charge in [0, 0.05) is 17.9 Å². The maximum absolute atomic E-state index is 13.9. The topological polar surface area (TPSA) is 67.4 Å². The summed E-state index contributed by atoms with van der Waals surface area (Å²) >= 11 is 0. The first-order valence-electron chi connectivity index (χ1n) is 16.1. The number of ether oxygens (including phenoxy) is 1. The maximum Gasteiger partial charge on any atom is 0.416 e. The summed E-state index contributed by atoms with van der Waals surface area (Å²) in [5, 5.41) is 5.09. The molecule has 0 fully saturated rings. The third-order valence-electron chi connectivity index (χ3n) is 8.95. The number of halogens is 6. The molecule has 0 radical (unpaired) electrons. The molecule has 6 rings (SSSR count). The highest BCUT2D eigenvalue weighted by Gasteiger charge is 2.48. The molecule has 0 saturated heterocycles. The third kappa shape index (κ3) is 7.74. The zero-order chi connectivity index (χ0) is 36.2. The van der Waals surface area contributed by atoms with Crippen LogP contribution in [-0.2, 0) is 27.7 Å². The summed E-state index contributed by atoms with van der Waals surface area (Å²) in [6.07, 6.45) is -8.72. The van der Waals surface area contributed by atoms with Gasteiger partial charge in [0.05, 0.1) is 30.7 Å². The fourth-order valence-corrected chi connectivity index (χ4v) is 6.57. The Hall–Kier alpha value is -5.26. The minimum atomic E-state index is -4.47. The standard InChI is InChI=1S/C40H32F6N2O3/c41-39(42,43)25-47-23-36(49)38(34-11-5-3-8-31(34)32-9-4-6-12-35(32)38)21-22-51-24-26-13-19-29(20-14-26)48-37(50)33-10-2-1-7-30(33)27-15-17-28(18-16-27)40(44,45)46/h1-20,47H,21-25H2,(H,48,50). The van der Waals surface area contributed by atoms with E-state index in [1.165, 1.54) is 12.1 Å². The summed E-state index contributed by atoms with van der Waals surface area (Å²) < 4.78 is 83.9. The van der Waals surface area contributed by atoms with Crippen molar-refractivity contribution in [3.8, 4) is 22.3 Å². The van der Waals surface area contributed by atoms with Crippen molar-refractivity contribution in [3.05, 3.63) is 149 Å². The maximum atomic E-state index is 13.9. The van der Waals surface area contributed by atoms with Crippen molar-refractivity contribution in [1.29, 1.82) is 0 Å². The summed E-state index contributed by atoms with van der Waals surface area (Å²) in [6, 6.07) is 33.0.